The standard InChI is InChI=1S/C24H29N3O/c1-6-27-22-12-17(2)20(14-21(22)18(3)15-24(27,4)5)16-25-26-23(28)13-19-10-8-7-9-11-19/h7-12,14-16H,6,13H2,1-5H3,(H,26,28)/b25-16+. The maximum absolute atomic E-state index is 12.1. The molecule has 4 heteroatoms. The molecular formula is C24H29N3O. The SMILES string of the molecule is CCN1c2cc(C)c(/C=N/NC(=O)Cc3ccccc3)cc2C(C)=CC1(C)C. The molecule has 146 valence electrons. The Labute approximate surface area is 168 Å². The summed E-state index contributed by atoms with van der Waals surface area (Å²) in [7, 11) is 0. The molecule has 1 N–H and O–H groups in total. The van der Waals surface area contributed by atoms with Gasteiger partial charge in [-0.1, -0.05) is 36.4 Å². The highest BCUT2D eigenvalue weighted by Crippen LogP contribution is 2.39. The van der Waals surface area contributed by atoms with Crippen LogP contribution in [0.15, 0.2) is 53.6 Å². The second-order valence-electron chi connectivity index (χ2n) is 7.91. The van der Waals surface area contributed by atoms with Crippen molar-refractivity contribution in [3.8, 4) is 0 Å². The number of carbonyl (C=O) groups excluding carboxylic acids is 1. The third-order valence-electron chi connectivity index (χ3n) is 5.28. The first kappa shape index (κ1) is 19.9. The van der Waals surface area contributed by atoms with Crippen LogP contribution in [0.5, 0.6) is 0 Å². The number of nitrogens with zero attached hydrogens (tertiary/aromatic N) is 2. The molecule has 1 aliphatic heterocycles. The lowest BCUT2D eigenvalue weighted by Gasteiger charge is -2.43. The number of carbonyl (C=O) groups is 1. The van der Waals surface area contributed by atoms with Gasteiger partial charge in [0.1, 0.15) is 0 Å². The summed E-state index contributed by atoms with van der Waals surface area (Å²) < 4.78 is 0. The lowest BCUT2D eigenvalue weighted by molar-refractivity contribution is -0.120. The summed E-state index contributed by atoms with van der Waals surface area (Å²) in [6.45, 7) is 11.9. The third kappa shape index (κ3) is 4.16. The zero-order chi connectivity index (χ0) is 20.3. The molecule has 4 nitrogen and oxygen atoms in total. The fourth-order valence-corrected chi connectivity index (χ4v) is 3.96. The molecule has 0 unspecified atom stereocenters. The van der Waals surface area contributed by atoms with Crippen molar-refractivity contribution >= 4 is 23.4 Å². The van der Waals surface area contributed by atoms with Crippen LogP contribution in [0.3, 0.4) is 0 Å². The summed E-state index contributed by atoms with van der Waals surface area (Å²) in [5.74, 6) is -0.118. The number of fused-ring (bicyclic) bond motifs is 1. The van der Waals surface area contributed by atoms with Gasteiger partial charge >= 0.3 is 0 Å². The van der Waals surface area contributed by atoms with Gasteiger partial charge in [-0.3, -0.25) is 4.79 Å². The van der Waals surface area contributed by atoms with Gasteiger partial charge in [0.05, 0.1) is 18.2 Å². The van der Waals surface area contributed by atoms with Crippen LogP contribution < -0.4 is 10.3 Å². The van der Waals surface area contributed by atoms with Crippen molar-refractivity contribution in [2.75, 3.05) is 11.4 Å². The minimum atomic E-state index is -0.118. The summed E-state index contributed by atoms with van der Waals surface area (Å²) in [6, 6.07) is 14.1. The zero-order valence-electron chi connectivity index (χ0n) is 17.4. The first-order chi connectivity index (χ1) is 13.3. The maximum atomic E-state index is 12.1. The monoisotopic (exact) mass is 375 g/mol. The molecule has 0 saturated heterocycles. The van der Waals surface area contributed by atoms with Gasteiger partial charge in [-0.15, -0.1) is 0 Å². The molecule has 0 aromatic heterocycles. The molecule has 0 atom stereocenters. The van der Waals surface area contributed by atoms with E-state index in [4.69, 9.17) is 0 Å². The topological polar surface area (TPSA) is 44.7 Å². The normalized spacial score (nSPS) is 15.3. The summed E-state index contributed by atoms with van der Waals surface area (Å²) >= 11 is 0. The molecule has 0 fully saturated rings. The van der Waals surface area contributed by atoms with Crippen molar-refractivity contribution in [2.24, 2.45) is 5.10 Å². The van der Waals surface area contributed by atoms with Crippen molar-refractivity contribution in [2.45, 2.75) is 46.6 Å². The second-order valence-corrected chi connectivity index (χ2v) is 7.91. The van der Waals surface area contributed by atoms with E-state index in [2.05, 4.69) is 68.3 Å². The van der Waals surface area contributed by atoms with Gasteiger partial charge in [-0.05, 0) is 69.0 Å². The van der Waals surface area contributed by atoms with Gasteiger partial charge in [0.2, 0.25) is 5.91 Å². The molecule has 0 aliphatic carbocycles. The minimum Gasteiger partial charge on any atom is -0.363 e. The average molecular weight is 376 g/mol. The molecule has 0 radical (unpaired) electrons. The van der Waals surface area contributed by atoms with Crippen molar-refractivity contribution in [1.29, 1.82) is 0 Å². The van der Waals surface area contributed by atoms with Crippen LogP contribution >= 0.6 is 0 Å². The first-order valence-electron chi connectivity index (χ1n) is 9.79. The van der Waals surface area contributed by atoms with Gasteiger partial charge in [0.25, 0.3) is 0 Å². The van der Waals surface area contributed by atoms with E-state index in [0.717, 1.165) is 23.2 Å². The molecule has 2 aromatic rings. The second kappa shape index (κ2) is 8.01. The van der Waals surface area contributed by atoms with Crippen molar-refractivity contribution < 1.29 is 4.79 Å². The van der Waals surface area contributed by atoms with Gasteiger partial charge in [-0.2, -0.15) is 5.10 Å². The molecule has 1 heterocycles. The van der Waals surface area contributed by atoms with Crippen molar-refractivity contribution in [3.63, 3.8) is 0 Å². The number of hydrogen-bond donors (Lipinski definition) is 1. The molecule has 1 aliphatic rings. The predicted molar refractivity (Wildman–Crippen MR) is 118 cm³/mol. The average Bonchev–Trinajstić information content (AvgIpc) is 2.63. The smallest absolute Gasteiger partial charge is 0.244 e. The Kier molecular flexibility index (Phi) is 5.68. The van der Waals surface area contributed by atoms with Gasteiger partial charge in [0.15, 0.2) is 0 Å². The Hall–Kier alpha value is -2.88. The van der Waals surface area contributed by atoms with Crippen LogP contribution in [0, 0.1) is 6.92 Å². The molecule has 1 amide bonds. The van der Waals surface area contributed by atoms with E-state index < -0.39 is 0 Å². The van der Waals surface area contributed by atoms with E-state index in [1.54, 1.807) is 6.21 Å². The molecule has 28 heavy (non-hydrogen) atoms. The molecule has 2 aromatic carbocycles. The maximum Gasteiger partial charge on any atom is 0.244 e. The number of aryl methyl sites for hydroxylation is 1. The van der Waals surface area contributed by atoms with E-state index >= 15 is 0 Å². The number of benzene rings is 2. The van der Waals surface area contributed by atoms with E-state index in [1.165, 1.54) is 16.8 Å². The molecule has 3 rings (SSSR count). The van der Waals surface area contributed by atoms with Crippen LogP contribution in [0.2, 0.25) is 0 Å². The Morgan fingerprint density at radius 2 is 1.89 bits per heavy atom. The summed E-state index contributed by atoms with van der Waals surface area (Å²) in [6.07, 6.45) is 4.38. The van der Waals surface area contributed by atoms with Crippen LogP contribution in [-0.2, 0) is 11.2 Å². The highest BCUT2D eigenvalue weighted by molar-refractivity contribution is 5.90. The van der Waals surface area contributed by atoms with Crippen LogP contribution in [0.1, 0.15) is 49.9 Å². The molecule has 0 bridgehead atoms. The Morgan fingerprint density at radius 1 is 1.18 bits per heavy atom. The number of hydrazone groups is 1. The van der Waals surface area contributed by atoms with Crippen molar-refractivity contribution in [3.05, 3.63) is 70.8 Å². The van der Waals surface area contributed by atoms with Crippen LogP contribution in [0.4, 0.5) is 5.69 Å². The third-order valence-corrected chi connectivity index (χ3v) is 5.28. The van der Waals surface area contributed by atoms with Crippen LogP contribution in [0.25, 0.3) is 5.57 Å². The van der Waals surface area contributed by atoms with E-state index in [1.807, 2.05) is 30.3 Å². The fraction of sp³-hybridized carbons (Fsp3) is 0.333. The van der Waals surface area contributed by atoms with E-state index in [0.29, 0.717) is 6.42 Å². The van der Waals surface area contributed by atoms with E-state index in [-0.39, 0.29) is 11.4 Å². The number of hydrogen-bond acceptors (Lipinski definition) is 3. The zero-order valence-corrected chi connectivity index (χ0v) is 17.4. The number of amides is 1. The number of anilines is 1. The highest BCUT2D eigenvalue weighted by atomic mass is 16.2. The summed E-state index contributed by atoms with van der Waals surface area (Å²) in [5.41, 5.74) is 9.53. The first-order valence-corrected chi connectivity index (χ1v) is 9.79. The largest absolute Gasteiger partial charge is 0.363 e. The van der Waals surface area contributed by atoms with Gasteiger partial charge < -0.3 is 4.90 Å². The van der Waals surface area contributed by atoms with Crippen molar-refractivity contribution in [1.82, 2.24) is 5.43 Å². The lowest BCUT2D eigenvalue weighted by Crippen LogP contribution is -2.45. The molecule has 0 spiro atoms. The lowest BCUT2D eigenvalue weighted by atomic mass is 9.87. The minimum absolute atomic E-state index is 0.000702. The predicted octanol–water partition coefficient (Wildman–Crippen LogP) is 4.71. The van der Waals surface area contributed by atoms with Crippen LogP contribution in [-0.4, -0.2) is 24.2 Å². The fourth-order valence-electron chi connectivity index (χ4n) is 3.96. The molecular weight excluding hydrogens is 346 g/mol. The van der Waals surface area contributed by atoms with Gasteiger partial charge in [-0.25, -0.2) is 5.43 Å². The number of rotatable bonds is 5. The number of likely N-dealkylation sites (N-methyl/N-ethyl adjacent to an activating group) is 1. The summed E-state index contributed by atoms with van der Waals surface area (Å²) in [5, 5.41) is 4.18. The Bertz CT molecular complexity index is 926. The highest BCUT2D eigenvalue weighted by Gasteiger charge is 2.30. The van der Waals surface area contributed by atoms with Gasteiger partial charge in [0, 0.05) is 17.8 Å². The Morgan fingerprint density at radius 3 is 2.57 bits per heavy atom. The quantitative estimate of drug-likeness (QED) is 0.608. The number of allylic oxidation sites excluding steroid dienone is 1. The Balaban J connectivity index is 1.78. The molecule has 0 saturated carbocycles. The number of nitrogens with one attached hydrogen (secondary N) is 1. The summed E-state index contributed by atoms with van der Waals surface area (Å²) in [4.78, 5) is 14.5. The van der Waals surface area contributed by atoms with E-state index in [9.17, 15) is 4.79 Å².